The molecule has 3 aromatic carbocycles. The first-order valence-electron chi connectivity index (χ1n) is 11.7. The summed E-state index contributed by atoms with van der Waals surface area (Å²) in [5.74, 6) is -0.400. The Labute approximate surface area is 218 Å². The van der Waals surface area contributed by atoms with E-state index in [-0.39, 0.29) is 23.9 Å². The molecule has 1 fully saturated rings. The maximum atomic E-state index is 13.2. The van der Waals surface area contributed by atoms with Crippen LogP contribution >= 0.6 is 11.8 Å². The van der Waals surface area contributed by atoms with Crippen molar-refractivity contribution >= 4 is 40.6 Å². The van der Waals surface area contributed by atoms with Crippen molar-refractivity contribution in [2.45, 2.75) is 20.5 Å². The van der Waals surface area contributed by atoms with Gasteiger partial charge in [0.2, 0.25) is 0 Å². The van der Waals surface area contributed by atoms with Gasteiger partial charge in [0.15, 0.2) is 16.7 Å². The Morgan fingerprint density at radius 3 is 2.41 bits per heavy atom. The number of benzene rings is 3. The standard InChI is InChI=1S/C28H25FN2O5S/c1-3-31-26(32)25(37-28(31)30-22-12-8-20(9-13-22)27(33)34)16-19-7-14-23(24(15-19)35-4-2)36-17-18-5-10-21(29)11-6-18/h5-16H,3-4,17H2,1-2H3,(H,33,34)/b25-16-,30-28?. The second-order valence-electron chi connectivity index (χ2n) is 7.96. The van der Waals surface area contributed by atoms with E-state index in [1.54, 1.807) is 47.4 Å². The summed E-state index contributed by atoms with van der Waals surface area (Å²) in [6.07, 6.45) is 1.78. The first-order valence-corrected chi connectivity index (χ1v) is 12.5. The summed E-state index contributed by atoms with van der Waals surface area (Å²) in [6, 6.07) is 17.7. The molecular weight excluding hydrogens is 495 g/mol. The SMILES string of the molecule is CCOc1cc(/C=C2\SC(=Nc3ccc(C(=O)O)cc3)N(CC)C2=O)ccc1OCc1ccc(F)cc1. The van der Waals surface area contributed by atoms with E-state index >= 15 is 0 Å². The lowest BCUT2D eigenvalue weighted by atomic mass is 10.1. The molecule has 190 valence electrons. The van der Waals surface area contributed by atoms with Gasteiger partial charge < -0.3 is 14.6 Å². The highest BCUT2D eigenvalue weighted by atomic mass is 32.2. The molecule has 0 unspecified atom stereocenters. The normalized spacial score (nSPS) is 15.4. The second kappa shape index (κ2) is 11.7. The molecule has 0 saturated carbocycles. The van der Waals surface area contributed by atoms with Crippen LogP contribution in [0.3, 0.4) is 0 Å². The minimum Gasteiger partial charge on any atom is -0.490 e. The lowest BCUT2D eigenvalue weighted by Gasteiger charge is -2.13. The van der Waals surface area contributed by atoms with Crippen molar-refractivity contribution in [3.8, 4) is 11.5 Å². The van der Waals surface area contributed by atoms with Crippen molar-refractivity contribution in [1.29, 1.82) is 0 Å². The minimum atomic E-state index is -1.01. The number of carbonyl (C=O) groups is 2. The predicted molar refractivity (Wildman–Crippen MR) is 142 cm³/mol. The van der Waals surface area contributed by atoms with Crippen LogP contribution in [-0.2, 0) is 11.4 Å². The third-order valence-electron chi connectivity index (χ3n) is 5.42. The predicted octanol–water partition coefficient (Wildman–Crippen LogP) is 6.13. The molecule has 1 heterocycles. The Bertz CT molecular complexity index is 1350. The van der Waals surface area contributed by atoms with Gasteiger partial charge in [-0.15, -0.1) is 0 Å². The van der Waals surface area contributed by atoms with E-state index in [4.69, 9.17) is 14.6 Å². The maximum Gasteiger partial charge on any atom is 0.335 e. The molecule has 9 heteroatoms. The van der Waals surface area contributed by atoms with E-state index in [9.17, 15) is 14.0 Å². The number of hydrogen-bond donors (Lipinski definition) is 1. The summed E-state index contributed by atoms with van der Waals surface area (Å²) in [5, 5.41) is 9.60. The summed E-state index contributed by atoms with van der Waals surface area (Å²) < 4.78 is 24.8. The number of hydrogen-bond acceptors (Lipinski definition) is 6. The number of nitrogens with zero attached hydrogens (tertiary/aromatic N) is 2. The number of likely N-dealkylation sites (N-methyl/N-ethyl adjacent to an activating group) is 1. The molecule has 0 radical (unpaired) electrons. The second-order valence-corrected chi connectivity index (χ2v) is 8.97. The molecule has 0 aliphatic carbocycles. The van der Waals surface area contributed by atoms with Gasteiger partial charge in [-0.25, -0.2) is 14.2 Å². The average molecular weight is 521 g/mol. The fraction of sp³-hybridized carbons (Fsp3) is 0.179. The van der Waals surface area contributed by atoms with Crippen molar-refractivity contribution in [3.63, 3.8) is 0 Å². The highest BCUT2D eigenvalue weighted by molar-refractivity contribution is 8.18. The Hall–Kier alpha value is -4.11. The van der Waals surface area contributed by atoms with Gasteiger partial charge in [-0.1, -0.05) is 18.2 Å². The molecule has 7 nitrogen and oxygen atoms in total. The molecule has 0 aromatic heterocycles. The number of carbonyl (C=O) groups excluding carboxylic acids is 1. The lowest BCUT2D eigenvalue weighted by molar-refractivity contribution is -0.122. The molecule has 0 bridgehead atoms. The smallest absolute Gasteiger partial charge is 0.335 e. The Kier molecular flexibility index (Phi) is 8.25. The van der Waals surface area contributed by atoms with E-state index in [1.165, 1.54) is 36.0 Å². The molecule has 3 aromatic rings. The van der Waals surface area contributed by atoms with E-state index in [0.29, 0.717) is 40.4 Å². The number of rotatable bonds is 9. The lowest BCUT2D eigenvalue weighted by Crippen LogP contribution is -2.28. The number of aromatic carboxylic acids is 1. The van der Waals surface area contributed by atoms with Crippen LogP contribution < -0.4 is 9.47 Å². The number of aliphatic imine (C=N–C) groups is 1. The van der Waals surface area contributed by atoms with Crippen LogP contribution in [0.25, 0.3) is 6.08 Å². The van der Waals surface area contributed by atoms with Crippen molar-refractivity contribution in [3.05, 3.63) is 94.1 Å². The quantitative estimate of drug-likeness (QED) is 0.342. The summed E-state index contributed by atoms with van der Waals surface area (Å²) in [5.41, 5.74) is 2.31. The third-order valence-corrected chi connectivity index (χ3v) is 6.42. The zero-order valence-electron chi connectivity index (χ0n) is 20.3. The summed E-state index contributed by atoms with van der Waals surface area (Å²) in [7, 11) is 0. The van der Waals surface area contributed by atoms with Gasteiger partial charge in [-0.2, -0.15) is 0 Å². The fourth-order valence-corrected chi connectivity index (χ4v) is 4.62. The van der Waals surface area contributed by atoms with Gasteiger partial charge in [0.25, 0.3) is 5.91 Å². The zero-order chi connectivity index (χ0) is 26.4. The highest BCUT2D eigenvalue weighted by Crippen LogP contribution is 2.36. The zero-order valence-corrected chi connectivity index (χ0v) is 21.1. The molecule has 1 saturated heterocycles. The molecule has 1 N–H and O–H groups in total. The van der Waals surface area contributed by atoms with Gasteiger partial charge in [-0.3, -0.25) is 9.69 Å². The molecule has 37 heavy (non-hydrogen) atoms. The Morgan fingerprint density at radius 1 is 1.03 bits per heavy atom. The van der Waals surface area contributed by atoms with Crippen molar-refractivity contribution in [2.75, 3.05) is 13.2 Å². The van der Waals surface area contributed by atoms with Gasteiger partial charge in [0.05, 0.1) is 22.8 Å². The van der Waals surface area contributed by atoms with Gasteiger partial charge >= 0.3 is 5.97 Å². The number of halogens is 1. The van der Waals surface area contributed by atoms with Crippen molar-refractivity contribution in [1.82, 2.24) is 4.90 Å². The van der Waals surface area contributed by atoms with Crippen molar-refractivity contribution < 1.29 is 28.6 Å². The summed E-state index contributed by atoms with van der Waals surface area (Å²) in [6.45, 7) is 4.87. The van der Waals surface area contributed by atoms with Crippen LogP contribution in [0.1, 0.15) is 35.3 Å². The van der Waals surface area contributed by atoms with Gasteiger partial charge in [0.1, 0.15) is 12.4 Å². The third kappa shape index (κ3) is 6.37. The monoisotopic (exact) mass is 520 g/mol. The minimum absolute atomic E-state index is 0.164. The van der Waals surface area contributed by atoms with E-state index in [0.717, 1.165) is 11.1 Å². The molecular formula is C28H25FN2O5S. The van der Waals surface area contributed by atoms with Gasteiger partial charge in [0, 0.05) is 6.54 Å². The van der Waals surface area contributed by atoms with Crippen LogP contribution in [-0.4, -0.2) is 40.2 Å². The van der Waals surface area contributed by atoms with Crippen LogP contribution in [0.2, 0.25) is 0 Å². The Morgan fingerprint density at radius 2 is 1.76 bits per heavy atom. The largest absolute Gasteiger partial charge is 0.490 e. The van der Waals surface area contributed by atoms with E-state index < -0.39 is 5.97 Å². The Balaban J connectivity index is 1.55. The molecule has 1 aliphatic rings. The highest BCUT2D eigenvalue weighted by Gasteiger charge is 2.32. The molecule has 0 spiro atoms. The van der Waals surface area contributed by atoms with Crippen LogP contribution in [0, 0.1) is 5.82 Å². The van der Waals surface area contributed by atoms with Crippen molar-refractivity contribution in [2.24, 2.45) is 4.99 Å². The first-order chi connectivity index (χ1) is 17.9. The molecule has 4 rings (SSSR count). The average Bonchev–Trinajstić information content (AvgIpc) is 3.18. The van der Waals surface area contributed by atoms with E-state index in [2.05, 4.69) is 4.99 Å². The maximum absolute atomic E-state index is 13.2. The molecule has 1 aliphatic heterocycles. The topological polar surface area (TPSA) is 88.4 Å². The summed E-state index contributed by atoms with van der Waals surface area (Å²) >= 11 is 1.25. The number of amides is 1. The fourth-order valence-electron chi connectivity index (χ4n) is 3.55. The first kappa shape index (κ1) is 26.0. The van der Waals surface area contributed by atoms with Gasteiger partial charge in [-0.05, 0) is 91.3 Å². The molecule has 0 atom stereocenters. The number of ether oxygens (including phenoxy) is 2. The number of carboxylic acid groups (broad SMARTS) is 1. The summed E-state index contributed by atoms with van der Waals surface area (Å²) in [4.78, 5) is 30.8. The van der Waals surface area contributed by atoms with E-state index in [1.807, 2.05) is 19.9 Å². The molecule has 1 amide bonds. The van der Waals surface area contributed by atoms with Crippen LogP contribution in [0.4, 0.5) is 10.1 Å². The number of amidine groups is 1. The van der Waals surface area contributed by atoms with Crippen LogP contribution in [0.15, 0.2) is 76.6 Å². The number of carboxylic acids is 1. The van der Waals surface area contributed by atoms with Crippen LogP contribution in [0.5, 0.6) is 11.5 Å². The number of thioether (sulfide) groups is 1.